The average Bonchev–Trinajstić information content (AvgIpc) is 2.62. The van der Waals surface area contributed by atoms with Crippen molar-refractivity contribution in [3.8, 4) is 0 Å². The van der Waals surface area contributed by atoms with E-state index in [1.54, 1.807) is 0 Å². The Morgan fingerprint density at radius 2 is 0.391 bits per heavy atom. The van der Waals surface area contributed by atoms with Crippen LogP contribution in [0.15, 0.2) is 0 Å². The smallest absolute Gasteiger partial charge is 0.00474 e. The van der Waals surface area contributed by atoms with Crippen molar-refractivity contribution in [2.24, 2.45) is 0 Å². The summed E-state index contributed by atoms with van der Waals surface area (Å²) in [5, 5.41) is 0. The summed E-state index contributed by atoms with van der Waals surface area (Å²) in [5.41, 5.74) is 0. The third-order valence-corrected chi connectivity index (χ3v) is 4.02. The van der Waals surface area contributed by atoms with Gasteiger partial charge in [-0.3, -0.25) is 0 Å². The van der Waals surface area contributed by atoms with Crippen molar-refractivity contribution in [2.75, 3.05) is 58.9 Å². The lowest BCUT2D eigenvalue weighted by atomic mass is 10.5. The zero-order valence-electron chi connectivity index (χ0n) is 18.7. The minimum Gasteiger partial charge on any atom is -0.304 e. The van der Waals surface area contributed by atoms with Crippen LogP contribution in [-0.2, 0) is 0 Å². The minimum absolute atomic E-state index is 1.19. The van der Waals surface area contributed by atoms with E-state index in [1.165, 1.54) is 58.9 Å². The Morgan fingerprint density at radius 1 is 0.304 bits per heavy atom. The van der Waals surface area contributed by atoms with Crippen LogP contribution in [0.4, 0.5) is 0 Å². The van der Waals surface area contributed by atoms with Gasteiger partial charge < -0.3 is 14.7 Å². The van der Waals surface area contributed by atoms with Gasteiger partial charge >= 0.3 is 0 Å². The standard InChI is InChI=1S/3C6H15N.C2H6/c3*1-4-7(5-2)6-3;1-2/h3*4-6H2,1-3H3;1-2H3. The Morgan fingerprint density at radius 3 is 0.391 bits per heavy atom. The number of hydrogen-bond acceptors (Lipinski definition) is 3. The summed E-state index contributed by atoms with van der Waals surface area (Å²) in [6, 6.07) is 0. The molecular formula is C20H51N3. The van der Waals surface area contributed by atoms with E-state index in [0.29, 0.717) is 0 Å². The maximum Gasteiger partial charge on any atom is -0.00474 e. The zero-order valence-corrected chi connectivity index (χ0v) is 18.7. The maximum absolute atomic E-state index is 2.38. The quantitative estimate of drug-likeness (QED) is 0.583. The van der Waals surface area contributed by atoms with Crippen molar-refractivity contribution in [3.63, 3.8) is 0 Å². The molecule has 0 aromatic rings. The second-order valence-corrected chi connectivity index (χ2v) is 4.86. The summed E-state index contributed by atoms with van der Waals surface area (Å²) in [4.78, 5) is 7.12. The van der Waals surface area contributed by atoms with Crippen LogP contribution < -0.4 is 0 Å². The van der Waals surface area contributed by atoms with E-state index in [-0.39, 0.29) is 0 Å². The van der Waals surface area contributed by atoms with Crippen molar-refractivity contribution in [1.29, 1.82) is 0 Å². The molecule has 0 amide bonds. The first-order chi connectivity index (χ1) is 11.0. The molecule has 0 aromatic heterocycles. The average molecular weight is 334 g/mol. The van der Waals surface area contributed by atoms with Gasteiger partial charge in [0, 0.05) is 0 Å². The number of rotatable bonds is 9. The van der Waals surface area contributed by atoms with Gasteiger partial charge in [-0.05, 0) is 58.9 Å². The third kappa shape index (κ3) is 27.0. The number of nitrogens with zero attached hydrogens (tertiary/aromatic N) is 3. The van der Waals surface area contributed by atoms with Gasteiger partial charge in [0.15, 0.2) is 0 Å². The monoisotopic (exact) mass is 333 g/mol. The predicted octanol–water partition coefficient (Wildman–Crippen LogP) is 5.07. The van der Waals surface area contributed by atoms with Gasteiger partial charge in [0.2, 0.25) is 0 Å². The van der Waals surface area contributed by atoms with Crippen molar-refractivity contribution >= 4 is 0 Å². The van der Waals surface area contributed by atoms with E-state index in [9.17, 15) is 0 Å². The van der Waals surface area contributed by atoms with Crippen molar-refractivity contribution in [3.05, 3.63) is 0 Å². The first-order valence-electron chi connectivity index (χ1n) is 10.2. The van der Waals surface area contributed by atoms with E-state index >= 15 is 0 Å². The first-order valence-corrected chi connectivity index (χ1v) is 10.2. The van der Waals surface area contributed by atoms with Crippen LogP contribution in [0.1, 0.15) is 76.2 Å². The van der Waals surface area contributed by atoms with Crippen LogP contribution in [0.5, 0.6) is 0 Å². The van der Waals surface area contributed by atoms with Gasteiger partial charge in [-0.2, -0.15) is 0 Å². The molecule has 3 nitrogen and oxygen atoms in total. The Balaban J connectivity index is -0.000000111. The van der Waals surface area contributed by atoms with E-state index in [0.717, 1.165) is 0 Å². The van der Waals surface area contributed by atoms with Gasteiger partial charge in [0.25, 0.3) is 0 Å². The van der Waals surface area contributed by atoms with E-state index in [4.69, 9.17) is 0 Å². The highest BCUT2D eigenvalue weighted by Crippen LogP contribution is 1.82. The summed E-state index contributed by atoms with van der Waals surface area (Å²) in [5.74, 6) is 0. The summed E-state index contributed by atoms with van der Waals surface area (Å²) in [6.45, 7) is 34.4. The highest BCUT2D eigenvalue weighted by molar-refractivity contribution is 4.45. The Hall–Kier alpha value is -0.120. The van der Waals surface area contributed by atoms with Crippen LogP contribution in [-0.4, -0.2) is 73.6 Å². The van der Waals surface area contributed by atoms with Gasteiger partial charge in [-0.25, -0.2) is 0 Å². The molecule has 0 aliphatic carbocycles. The van der Waals surface area contributed by atoms with E-state index < -0.39 is 0 Å². The molecule has 0 N–H and O–H groups in total. The normalized spacial score (nSPS) is 9.65. The van der Waals surface area contributed by atoms with Gasteiger partial charge in [-0.1, -0.05) is 76.2 Å². The third-order valence-electron chi connectivity index (χ3n) is 4.02. The molecular weight excluding hydrogens is 282 g/mol. The van der Waals surface area contributed by atoms with Crippen LogP contribution in [0.25, 0.3) is 0 Å². The predicted molar refractivity (Wildman–Crippen MR) is 112 cm³/mol. The van der Waals surface area contributed by atoms with Crippen molar-refractivity contribution < 1.29 is 0 Å². The van der Waals surface area contributed by atoms with Gasteiger partial charge in [-0.15, -0.1) is 0 Å². The fourth-order valence-corrected chi connectivity index (χ4v) is 2.01. The molecule has 0 saturated heterocycles. The molecule has 146 valence electrons. The zero-order chi connectivity index (χ0) is 19.1. The molecule has 0 aliphatic rings. The molecule has 0 aromatic carbocycles. The van der Waals surface area contributed by atoms with Crippen molar-refractivity contribution in [1.82, 2.24) is 14.7 Å². The number of hydrogen-bond donors (Lipinski definition) is 0. The molecule has 0 heterocycles. The lowest BCUT2D eigenvalue weighted by Crippen LogP contribution is -2.21. The minimum atomic E-state index is 1.19. The summed E-state index contributed by atoms with van der Waals surface area (Å²) >= 11 is 0. The highest BCUT2D eigenvalue weighted by Gasteiger charge is 1.90. The van der Waals surface area contributed by atoms with Crippen LogP contribution in [0, 0.1) is 0 Å². The molecule has 0 atom stereocenters. The van der Waals surface area contributed by atoms with E-state index in [1.807, 2.05) is 13.8 Å². The van der Waals surface area contributed by atoms with E-state index in [2.05, 4.69) is 77.0 Å². The van der Waals surface area contributed by atoms with Gasteiger partial charge in [0.1, 0.15) is 0 Å². The maximum atomic E-state index is 2.38. The molecule has 0 rings (SSSR count). The Bertz CT molecular complexity index is 106. The summed E-state index contributed by atoms with van der Waals surface area (Å²) in [6.07, 6.45) is 0. The van der Waals surface area contributed by atoms with Crippen LogP contribution >= 0.6 is 0 Å². The molecule has 3 heteroatoms. The molecule has 0 unspecified atom stereocenters. The van der Waals surface area contributed by atoms with Gasteiger partial charge in [0.05, 0.1) is 0 Å². The van der Waals surface area contributed by atoms with Crippen LogP contribution in [0.2, 0.25) is 0 Å². The fraction of sp³-hybridized carbons (Fsp3) is 1.00. The second kappa shape index (κ2) is 29.8. The SMILES string of the molecule is CC.CCN(CC)CC.CCN(CC)CC.CCN(CC)CC. The van der Waals surface area contributed by atoms with Crippen LogP contribution in [0.3, 0.4) is 0 Å². The lowest BCUT2D eigenvalue weighted by molar-refractivity contribution is 0.321. The molecule has 0 radical (unpaired) electrons. The molecule has 0 fully saturated rings. The molecule has 0 saturated carbocycles. The summed E-state index contributed by atoms with van der Waals surface area (Å²) < 4.78 is 0. The first kappa shape index (κ1) is 30.7. The molecule has 0 aliphatic heterocycles. The molecule has 0 spiro atoms. The summed E-state index contributed by atoms with van der Waals surface area (Å²) in [7, 11) is 0. The molecule has 0 bridgehead atoms. The second-order valence-electron chi connectivity index (χ2n) is 4.86. The largest absolute Gasteiger partial charge is 0.304 e. The van der Waals surface area contributed by atoms with Crippen molar-refractivity contribution in [2.45, 2.75) is 76.2 Å². The molecule has 23 heavy (non-hydrogen) atoms. The Kier molecular flexibility index (Phi) is 39.9. The lowest BCUT2D eigenvalue weighted by Gasteiger charge is -2.13. The topological polar surface area (TPSA) is 9.72 Å². The highest BCUT2D eigenvalue weighted by atomic mass is 15.1. The fourth-order valence-electron chi connectivity index (χ4n) is 2.01. The Labute approximate surface area is 150 Å².